The molecule has 0 spiro atoms. The number of carbonyl (C=O) groups is 2. The second kappa shape index (κ2) is 7.58. The number of hydrogen-bond acceptors (Lipinski definition) is 5. The molecule has 1 aromatic carbocycles. The molecule has 1 aromatic rings. The summed E-state index contributed by atoms with van der Waals surface area (Å²) in [7, 11) is 0. The monoisotopic (exact) mass is 314 g/mol. The number of nitro groups is 1. The van der Waals surface area contributed by atoms with Crippen molar-refractivity contribution in [2.24, 2.45) is 0 Å². The van der Waals surface area contributed by atoms with Crippen LogP contribution in [0, 0.1) is 10.1 Å². The van der Waals surface area contributed by atoms with Gasteiger partial charge >= 0.3 is 5.97 Å². The molecule has 0 bridgehead atoms. The summed E-state index contributed by atoms with van der Waals surface area (Å²) in [4.78, 5) is 33.5. The Bertz CT molecular complexity index is 561. The topological polar surface area (TPSA) is 98.5 Å². The minimum atomic E-state index is -0.987. The standard InChI is InChI=1S/C13H15ClN2O5/c1-3-6-15-12(17)8(2)21-13(18)9-4-5-10(14)11(7-9)16(19)20/h4-5,7-8H,3,6H2,1-2H3,(H,15,17). The third kappa shape index (κ3) is 4.71. The van der Waals surface area contributed by atoms with Crippen molar-refractivity contribution in [3.05, 3.63) is 38.9 Å². The van der Waals surface area contributed by atoms with Gasteiger partial charge in [-0.25, -0.2) is 4.79 Å². The van der Waals surface area contributed by atoms with E-state index in [4.69, 9.17) is 16.3 Å². The van der Waals surface area contributed by atoms with Gasteiger partial charge in [0.1, 0.15) is 5.02 Å². The van der Waals surface area contributed by atoms with E-state index in [0.29, 0.717) is 6.54 Å². The SMILES string of the molecule is CCCNC(=O)C(C)OC(=O)c1ccc(Cl)c([N+](=O)[O-])c1. The predicted molar refractivity (Wildman–Crippen MR) is 76.3 cm³/mol. The number of esters is 1. The molecule has 7 nitrogen and oxygen atoms in total. The summed E-state index contributed by atoms with van der Waals surface area (Å²) in [6, 6.07) is 3.55. The van der Waals surface area contributed by atoms with Crippen molar-refractivity contribution >= 4 is 29.2 Å². The van der Waals surface area contributed by atoms with Crippen LogP contribution in [0.15, 0.2) is 18.2 Å². The molecule has 0 aromatic heterocycles. The van der Waals surface area contributed by atoms with E-state index < -0.39 is 28.6 Å². The predicted octanol–water partition coefficient (Wildman–Crippen LogP) is 2.32. The summed E-state index contributed by atoms with van der Waals surface area (Å²) in [6.45, 7) is 3.80. The van der Waals surface area contributed by atoms with E-state index >= 15 is 0 Å². The first-order chi connectivity index (χ1) is 9.86. The maximum Gasteiger partial charge on any atom is 0.339 e. The number of halogens is 1. The number of benzene rings is 1. The Balaban J connectivity index is 2.78. The zero-order valence-corrected chi connectivity index (χ0v) is 12.3. The quantitative estimate of drug-likeness (QED) is 0.493. The van der Waals surface area contributed by atoms with Crippen molar-refractivity contribution in [2.75, 3.05) is 6.54 Å². The lowest BCUT2D eigenvalue weighted by Crippen LogP contribution is -2.36. The molecular weight excluding hydrogens is 300 g/mol. The molecule has 21 heavy (non-hydrogen) atoms. The van der Waals surface area contributed by atoms with E-state index in [1.807, 2.05) is 6.92 Å². The zero-order valence-electron chi connectivity index (χ0n) is 11.6. The average Bonchev–Trinajstić information content (AvgIpc) is 2.44. The van der Waals surface area contributed by atoms with Crippen LogP contribution in [0.2, 0.25) is 5.02 Å². The average molecular weight is 315 g/mol. The molecule has 1 atom stereocenters. The molecule has 1 amide bonds. The first-order valence-electron chi connectivity index (χ1n) is 6.29. The number of ether oxygens (including phenoxy) is 1. The first kappa shape index (κ1) is 16.9. The molecule has 0 saturated carbocycles. The smallest absolute Gasteiger partial charge is 0.339 e. The summed E-state index contributed by atoms with van der Waals surface area (Å²) in [5.74, 6) is -1.25. The molecule has 0 fully saturated rings. The summed E-state index contributed by atoms with van der Waals surface area (Å²) in [5, 5.41) is 13.3. The van der Waals surface area contributed by atoms with Gasteiger partial charge in [0.2, 0.25) is 0 Å². The molecule has 0 aliphatic heterocycles. The lowest BCUT2D eigenvalue weighted by molar-refractivity contribution is -0.384. The molecule has 1 rings (SSSR count). The first-order valence-corrected chi connectivity index (χ1v) is 6.67. The zero-order chi connectivity index (χ0) is 16.0. The molecule has 0 radical (unpaired) electrons. The van der Waals surface area contributed by atoms with Gasteiger partial charge in [-0.1, -0.05) is 18.5 Å². The molecular formula is C13H15ClN2O5. The number of nitrogens with one attached hydrogen (secondary N) is 1. The fraction of sp³-hybridized carbons (Fsp3) is 0.385. The van der Waals surface area contributed by atoms with Crippen LogP contribution in [0.5, 0.6) is 0 Å². The lowest BCUT2D eigenvalue weighted by Gasteiger charge is -2.13. The highest BCUT2D eigenvalue weighted by Gasteiger charge is 2.21. The Kier molecular flexibility index (Phi) is 6.10. The molecule has 114 valence electrons. The Morgan fingerprint density at radius 1 is 1.48 bits per heavy atom. The highest BCUT2D eigenvalue weighted by Crippen LogP contribution is 2.25. The van der Waals surface area contributed by atoms with E-state index in [2.05, 4.69) is 5.32 Å². The molecule has 1 unspecified atom stereocenters. The largest absolute Gasteiger partial charge is 0.449 e. The number of nitro benzene ring substituents is 1. The summed E-state index contributed by atoms with van der Waals surface area (Å²) in [6.07, 6.45) is -0.228. The normalized spacial score (nSPS) is 11.6. The van der Waals surface area contributed by atoms with Crippen molar-refractivity contribution in [2.45, 2.75) is 26.4 Å². The Morgan fingerprint density at radius 3 is 2.71 bits per heavy atom. The van der Waals surface area contributed by atoms with Crippen molar-refractivity contribution in [1.82, 2.24) is 5.32 Å². The van der Waals surface area contributed by atoms with Crippen LogP contribution in [-0.2, 0) is 9.53 Å². The van der Waals surface area contributed by atoms with Crippen molar-refractivity contribution in [3.63, 3.8) is 0 Å². The van der Waals surface area contributed by atoms with E-state index in [9.17, 15) is 19.7 Å². The molecule has 0 saturated heterocycles. The Hall–Kier alpha value is -2.15. The fourth-order valence-electron chi connectivity index (χ4n) is 1.45. The van der Waals surface area contributed by atoms with E-state index in [1.54, 1.807) is 0 Å². The summed E-state index contributed by atoms with van der Waals surface area (Å²) in [5.41, 5.74) is -0.435. The lowest BCUT2D eigenvalue weighted by atomic mass is 10.2. The van der Waals surface area contributed by atoms with E-state index in [-0.39, 0.29) is 10.6 Å². The van der Waals surface area contributed by atoms with E-state index in [0.717, 1.165) is 12.5 Å². The van der Waals surface area contributed by atoms with Crippen molar-refractivity contribution in [1.29, 1.82) is 0 Å². The van der Waals surface area contributed by atoms with Gasteiger partial charge in [0, 0.05) is 12.6 Å². The van der Waals surface area contributed by atoms with Gasteiger partial charge in [-0.05, 0) is 25.5 Å². The van der Waals surface area contributed by atoms with Gasteiger partial charge in [0.25, 0.3) is 11.6 Å². The van der Waals surface area contributed by atoms with Crippen LogP contribution in [0.25, 0.3) is 0 Å². The maximum atomic E-state index is 11.9. The van der Waals surface area contributed by atoms with Gasteiger partial charge < -0.3 is 10.1 Å². The number of rotatable bonds is 6. The van der Waals surface area contributed by atoms with Gasteiger partial charge in [0.15, 0.2) is 6.10 Å². The van der Waals surface area contributed by atoms with E-state index in [1.165, 1.54) is 19.1 Å². The highest BCUT2D eigenvalue weighted by atomic mass is 35.5. The Labute approximate surface area is 126 Å². The second-order valence-electron chi connectivity index (χ2n) is 4.26. The maximum absolute atomic E-state index is 11.9. The summed E-state index contributed by atoms with van der Waals surface area (Å²) >= 11 is 5.65. The van der Waals surface area contributed by atoms with Crippen LogP contribution in [0.4, 0.5) is 5.69 Å². The minimum absolute atomic E-state index is 0.0405. The van der Waals surface area contributed by atoms with Gasteiger partial charge in [-0.2, -0.15) is 0 Å². The van der Waals surface area contributed by atoms with Crippen molar-refractivity contribution < 1.29 is 19.2 Å². The van der Waals surface area contributed by atoms with Crippen LogP contribution >= 0.6 is 11.6 Å². The molecule has 0 aliphatic carbocycles. The third-order valence-electron chi connectivity index (χ3n) is 2.58. The number of carbonyl (C=O) groups excluding carboxylic acids is 2. The molecule has 1 N–H and O–H groups in total. The summed E-state index contributed by atoms with van der Waals surface area (Å²) < 4.78 is 4.95. The molecule has 0 aliphatic rings. The minimum Gasteiger partial charge on any atom is -0.449 e. The van der Waals surface area contributed by atoms with Crippen LogP contribution < -0.4 is 5.32 Å². The van der Waals surface area contributed by atoms with Crippen LogP contribution in [0.3, 0.4) is 0 Å². The van der Waals surface area contributed by atoms with Gasteiger partial charge in [0.05, 0.1) is 10.5 Å². The molecule has 8 heteroatoms. The molecule has 0 heterocycles. The number of hydrogen-bond donors (Lipinski definition) is 1. The van der Waals surface area contributed by atoms with Crippen molar-refractivity contribution in [3.8, 4) is 0 Å². The number of amides is 1. The van der Waals surface area contributed by atoms with Crippen LogP contribution in [0.1, 0.15) is 30.6 Å². The van der Waals surface area contributed by atoms with Gasteiger partial charge in [-0.15, -0.1) is 0 Å². The Morgan fingerprint density at radius 2 is 2.14 bits per heavy atom. The van der Waals surface area contributed by atoms with Crippen LogP contribution in [-0.4, -0.2) is 29.4 Å². The second-order valence-corrected chi connectivity index (χ2v) is 4.67. The number of nitrogens with zero attached hydrogens (tertiary/aromatic N) is 1. The third-order valence-corrected chi connectivity index (χ3v) is 2.90. The highest BCUT2D eigenvalue weighted by molar-refractivity contribution is 6.32. The van der Waals surface area contributed by atoms with Gasteiger partial charge in [-0.3, -0.25) is 14.9 Å². The fourth-order valence-corrected chi connectivity index (χ4v) is 1.64.